The van der Waals surface area contributed by atoms with E-state index in [2.05, 4.69) is 10.3 Å². The molecule has 0 amide bonds. The Balaban J connectivity index is 1.73. The third-order valence-corrected chi connectivity index (χ3v) is 5.94. The van der Waals surface area contributed by atoms with Gasteiger partial charge in [-0.25, -0.2) is 8.78 Å². The van der Waals surface area contributed by atoms with Crippen LogP contribution in [0, 0.1) is 11.6 Å². The molecule has 3 rings (SSSR count). The summed E-state index contributed by atoms with van der Waals surface area (Å²) in [6, 6.07) is 10.3. The van der Waals surface area contributed by atoms with E-state index in [4.69, 9.17) is 15.2 Å². The second-order valence-electron chi connectivity index (χ2n) is 11.7. The first-order valence-electron chi connectivity index (χ1n) is 13.3. The second kappa shape index (κ2) is 12.7. The van der Waals surface area contributed by atoms with Crippen LogP contribution in [0.15, 0.2) is 53.3 Å². The largest absolute Gasteiger partial charge is 0.459 e. The summed E-state index contributed by atoms with van der Waals surface area (Å²) in [5.74, 6) is -3.24. The smallest absolute Gasteiger partial charge is 0.326 e. The van der Waals surface area contributed by atoms with Crippen molar-refractivity contribution in [3.05, 3.63) is 87.2 Å². The molecule has 0 fully saturated rings. The molecule has 0 radical (unpaired) electrons. The Bertz CT molecular complexity index is 1450. The molecule has 0 aliphatic heterocycles. The van der Waals surface area contributed by atoms with Crippen LogP contribution in [0.3, 0.4) is 0 Å². The lowest BCUT2D eigenvalue weighted by molar-refractivity contribution is -0.160. The van der Waals surface area contributed by atoms with Gasteiger partial charge in [0.25, 0.3) is 5.56 Å². The quantitative estimate of drug-likeness (QED) is 0.237. The number of pyridine rings is 1. The van der Waals surface area contributed by atoms with E-state index in [0.717, 1.165) is 17.7 Å². The number of rotatable bonds is 10. The zero-order chi connectivity index (χ0) is 30.5. The monoisotopic (exact) mass is 569 g/mol. The zero-order valence-corrected chi connectivity index (χ0v) is 24.2. The molecule has 3 aromatic rings. The molecule has 0 unspecified atom stereocenters. The Hall–Kier alpha value is -3.89. The molecule has 1 heterocycles. The standard InChI is InChI=1S/C31H37F2N3O5/c1-30(2,3)40-17-25(29(39)41-31(4,5)6)35-14-13-18-7-9-19(10-8-18)22-16-23(27(34)36-28(22)38)26(37)21-12-11-20(32)15-24(21)33/h7-12,15-16,25,35H,13-14,17H2,1-6H3,(H3,34,36,38)/t25-/m0/s1. The normalized spacial score (nSPS) is 12.7. The molecule has 0 saturated heterocycles. The lowest BCUT2D eigenvalue weighted by Crippen LogP contribution is -2.46. The van der Waals surface area contributed by atoms with Gasteiger partial charge < -0.3 is 25.5 Å². The summed E-state index contributed by atoms with van der Waals surface area (Å²) < 4.78 is 38.9. The number of carbonyl (C=O) groups excluding carboxylic acids is 2. The minimum atomic E-state index is -1.03. The van der Waals surface area contributed by atoms with Crippen molar-refractivity contribution in [3.63, 3.8) is 0 Å². The molecule has 220 valence electrons. The second-order valence-corrected chi connectivity index (χ2v) is 11.7. The summed E-state index contributed by atoms with van der Waals surface area (Å²) in [5.41, 5.74) is 5.43. The Morgan fingerprint density at radius 1 is 0.951 bits per heavy atom. The van der Waals surface area contributed by atoms with Crippen molar-refractivity contribution in [3.8, 4) is 11.1 Å². The molecule has 1 atom stereocenters. The van der Waals surface area contributed by atoms with E-state index in [1.165, 1.54) is 6.07 Å². The average molecular weight is 570 g/mol. The van der Waals surface area contributed by atoms with E-state index in [-0.39, 0.29) is 29.1 Å². The number of hydrogen-bond acceptors (Lipinski definition) is 7. The molecular formula is C31H37F2N3O5. The number of nitrogen functional groups attached to an aromatic ring is 1. The van der Waals surface area contributed by atoms with Gasteiger partial charge in [0.15, 0.2) is 5.78 Å². The minimum Gasteiger partial charge on any atom is -0.459 e. The van der Waals surface area contributed by atoms with Crippen molar-refractivity contribution in [1.29, 1.82) is 0 Å². The van der Waals surface area contributed by atoms with Crippen LogP contribution >= 0.6 is 0 Å². The number of aromatic nitrogens is 1. The van der Waals surface area contributed by atoms with Crippen molar-refractivity contribution in [2.75, 3.05) is 18.9 Å². The van der Waals surface area contributed by atoms with Gasteiger partial charge in [0.1, 0.15) is 29.1 Å². The number of esters is 1. The Morgan fingerprint density at radius 2 is 1.61 bits per heavy atom. The fraction of sp³-hybridized carbons (Fsp3) is 0.387. The van der Waals surface area contributed by atoms with Crippen molar-refractivity contribution >= 4 is 17.6 Å². The van der Waals surface area contributed by atoms with Crippen molar-refractivity contribution in [2.24, 2.45) is 0 Å². The van der Waals surface area contributed by atoms with E-state index in [1.54, 1.807) is 32.9 Å². The third kappa shape index (κ3) is 9.06. The highest BCUT2D eigenvalue weighted by atomic mass is 19.1. The molecule has 0 aliphatic carbocycles. The first kappa shape index (κ1) is 31.6. The molecule has 10 heteroatoms. The number of nitrogens with two attached hydrogens (primary N) is 1. The summed E-state index contributed by atoms with van der Waals surface area (Å²) in [7, 11) is 0. The van der Waals surface area contributed by atoms with Crippen LogP contribution in [0.4, 0.5) is 14.6 Å². The average Bonchev–Trinajstić information content (AvgIpc) is 2.84. The van der Waals surface area contributed by atoms with Crippen molar-refractivity contribution < 1.29 is 27.8 Å². The number of carbonyl (C=O) groups is 2. The summed E-state index contributed by atoms with van der Waals surface area (Å²) in [6.07, 6.45) is 0.570. The maximum Gasteiger partial charge on any atom is 0.326 e. The highest BCUT2D eigenvalue weighted by Gasteiger charge is 2.27. The number of benzene rings is 2. The van der Waals surface area contributed by atoms with E-state index < -0.39 is 46.2 Å². The van der Waals surface area contributed by atoms with Gasteiger partial charge in [-0.05, 0) is 77.3 Å². The Morgan fingerprint density at radius 3 is 2.20 bits per heavy atom. The van der Waals surface area contributed by atoms with E-state index in [0.29, 0.717) is 24.6 Å². The number of hydrogen-bond donors (Lipinski definition) is 3. The molecule has 0 spiro atoms. The number of halogens is 2. The van der Waals surface area contributed by atoms with Crippen molar-refractivity contribution in [1.82, 2.24) is 10.3 Å². The maximum atomic E-state index is 14.2. The number of ketones is 1. The van der Waals surface area contributed by atoms with E-state index in [9.17, 15) is 23.2 Å². The molecule has 8 nitrogen and oxygen atoms in total. The molecule has 4 N–H and O–H groups in total. The van der Waals surface area contributed by atoms with Crippen LogP contribution in [-0.2, 0) is 20.7 Å². The highest BCUT2D eigenvalue weighted by Crippen LogP contribution is 2.23. The zero-order valence-electron chi connectivity index (χ0n) is 24.2. The fourth-order valence-electron chi connectivity index (χ4n) is 3.92. The van der Waals surface area contributed by atoms with Crippen LogP contribution < -0.4 is 16.6 Å². The molecule has 2 aromatic carbocycles. The van der Waals surface area contributed by atoms with Crippen molar-refractivity contribution in [2.45, 2.75) is 65.2 Å². The van der Waals surface area contributed by atoms with Crippen LogP contribution in [-0.4, -0.2) is 47.1 Å². The number of aromatic amines is 1. The van der Waals surface area contributed by atoms with Gasteiger partial charge >= 0.3 is 5.97 Å². The van der Waals surface area contributed by atoms with Gasteiger partial charge in [-0.3, -0.25) is 14.4 Å². The Labute approximate surface area is 238 Å². The highest BCUT2D eigenvalue weighted by molar-refractivity contribution is 6.12. The van der Waals surface area contributed by atoms with Gasteiger partial charge in [-0.15, -0.1) is 0 Å². The van der Waals surface area contributed by atoms with Gasteiger partial charge in [0.2, 0.25) is 0 Å². The van der Waals surface area contributed by atoms with Gasteiger partial charge in [-0.2, -0.15) is 0 Å². The molecule has 0 bridgehead atoms. The molecule has 0 aliphatic rings. The SMILES string of the molecule is CC(C)(C)OC[C@H](NCCc1ccc(-c2cc(C(=O)c3ccc(F)cc3F)c(N)[nH]c2=O)cc1)C(=O)OC(C)(C)C. The topological polar surface area (TPSA) is 124 Å². The Kier molecular flexibility index (Phi) is 9.83. The third-order valence-electron chi connectivity index (χ3n) is 5.94. The predicted molar refractivity (Wildman–Crippen MR) is 154 cm³/mol. The summed E-state index contributed by atoms with van der Waals surface area (Å²) in [6.45, 7) is 11.8. The summed E-state index contributed by atoms with van der Waals surface area (Å²) in [5, 5.41) is 3.21. The van der Waals surface area contributed by atoms with Crippen LogP contribution in [0.1, 0.15) is 63.0 Å². The van der Waals surface area contributed by atoms with Gasteiger partial charge in [-0.1, -0.05) is 24.3 Å². The number of nitrogens with one attached hydrogen (secondary N) is 2. The fourth-order valence-corrected chi connectivity index (χ4v) is 3.92. The summed E-state index contributed by atoms with van der Waals surface area (Å²) in [4.78, 5) is 40.7. The maximum absolute atomic E-state index is 14.2. The van der Waals surface area contributed by atoms with Crippen LogP contribution in [0.5, 0.6) is 0 Å². The predicted octanol–water partition coefficient (Wildman–Crippen LogP) is 4.79. The number of anilines is 1. The number of ether oxygens (including phenoxy) is 2. The van der Waals surface area contributed by atoms with Gasteiger partial charge in [0.05, 0.1) is 23.3 Å². The summed E-state index contributed by atoms with van der Waals surface area (Å²) >= 11 is 0. The first-order chi connectivity index (χ1) is 19.0. The number of H-pyrrole nitrogens is 1. The molecule has 1 aromatic heterocycles. The molecule has 0 saturated carbocycles. The van der Waals surface area contributed by atoms with E-state index >= 15 is 0 Å². The van der Waals surface area contributed by atoms with Crippen LogP contribution in [0.2, 0.25) is 0 Å². The molecule has 41 heavy (non-hydrogen) atoms. The van der Waals surface area contributed by atoms with E-state index in [1.807, 2.05) is 32.9 Å². The lowest BCUT2D eigenvalue weighted by Gasteiger charge is -2.27. The lowest BCUT2D eigenvalue weighted by atomic mass is 9.98. The van der Waals surface area contributed by atoms with Gasteiger partial charge in [0, 0.05) is 18.2 Å². The molecular weight excluding hydrogens is 532 g/mol. The van der Waals surface area contributed by atoms with Crippen LogP contribution in [0.25, 0.3) is 11.1 Å². The first-order valence-corrected chi connectivity index (χ1v) is 13.3. The minimum absolute atomic E-state index is 0.107.